The van der Waals surface area contributed by atoms with Crippen LogP contribution in [-0.2, 0) is 6.54 Å². The van der Waals surface area contributed by atoms with Crippen molar-refractivity contribution in [2.45, 2.75) is 6.54 Å². The van der Waals surface area contributed by atoms with Gasteiger partial charge >= 0.3 is 0 Å². The smallest absolute Gasteiger partial charge is 0.251 e. The third kappa shape index (κ3) is 3.91. The molecule has 0 radical (unpaired) electrons. The van der Waals surface area contributed by atoms with Crippen molar-refractivity contribution in [2.75, 3.05) is 5.73 Å². The van der Waals surface area contributed by atoms with Crippen molar-refractivity contribution < 1.29 is 9.21 Å². The maximum absolute atomic E-state index is 12.4. The third-order valence-corrected chi connectivity index (χ3v) is 6.00. The summed E-state index contributed by atoms with van der Waals surface area (Å²) in [5.74, 6) is 0.991. The van der Waals surface area contributed by atoms with Crippen LogP contribution in [0.1, 0.15) is 16.1 Å². The van der Waals surface area contributed by atoms with E-state index in [0.29, 0.717) is 23.7 Å². The Balaban J connectivity index is 1.39. The van der Waals surface area contributed by atoms with Crippen LogP contribution in [0.2, 0.25) is 0 Å². The highest BCUT2D eigenvalue weighted by Gasteiger charge is 2.13. The lowest BCUT2D eigenvalue weighted by atomic mass is 10.0. The third-order valence-electron chi connectivity index (χ3n) is 4.93. The lowest BCUT2D eigenvalue weighted by Gasteiger charge is -2.08. The molecule has 5 rings (SSSR count). The standard InChI is InChI=1S/C24H18N4O2S/c25-22-19(24-28-20-5-1-2-6-21(20)31-24)12-17(13-26-22)15-7-9-16(10-8-15)23(29)27-14-18-4-3-11-30-18/h1-13H,14H2,(H2,25,26)(H,27,29). The summed E-state index contributed by atoms with van der Waals surface area (Å²) in [6.45, 7) is 0.348. The Morgan fingerprint density at radius 3 is 2.65 bits per heavy atom. The molecule has 0 aliphatic rings. The summed E-state index contributed by atoms with van der Waals surface area (Å²) >= 11 is 1.59. The molecule has 1 amide bonds. The van der Waals surface area contributed by atoms with E-state index in [0.717, 1.165) is 31.9 Å². The van der Waals surface area contributed by atoms with Crippen LogP contribution >= 0.6 is 11.3 Å². The van der Waals surface area contributed by atoms with E-state index in [1.165, 1.54) is 0 Å². The summed E-state index contributed by atoms with van der Waals surface area (Å²) in [5.41, 5.74) is 10.3. The molecular formula is C24H18N4O2S. The Morgan fingerprint density at radius 2 is 1.87 bits per heavy atom. The first kappa shape index (κ1) is 19.0. The van der Waals surface area contributed by atoms with E-state index in [9.17, 15) is 4.79 Å². The molecule has 6 nitrogen and oxygen atoms in total. The topological polar surface area (TPSA) is 94.0 Å². The van der Waals surface area contributed by atoms with Crippen LogP contribution < -0.4 is 11.1 Å². The van der Waals surface area contributed by atoms with E-state index in [4.69, 9.17) is 15.1 Å². The first-order valence-corrected chi connectivity index (χ1v) is 10.5. The number of nitrogens with one attached hydrogen (secondary N) is 1. The molecule has 3 aromatic heterocycles. The van der Waals surface area contributed by atoms with Gasteiger partial charge in [0.25, 0.3) is 5.91 Å². The van der Waals surface area contributed by atoms with E-state index >= 15 is 0 Å². The maximum Gasteiger partial charge on any atom is 0.251 e. The molecule has 152 valence electrons. The second kappa shape index (κ2) is 8.04. The van der Waals surface area contributed by atoms with Crippen molar-refractivity contribution in [1.82, 2.24) is 15.3 Å². The van der Waals surface area contributed by atoms with E-state index in [-0.39, 0.29) is 5.91 Å². The van der Waals surface area contributed by atoms with Crippen LogP contribution in [-0.4, -0.2) is 15.9 Å². The summed E-state index contributed by atoms with van der Waals surface area (Å²) in [6, 6.07) is 21.0. The lowest BCUT2D eigenvalue weighted by Crippen LogP contribution is -2.22. The fraction of sp³-hybridized carbons (Fsp3) is 0.0417. The van der Waals surface area contributed by atoms with Crippen LogP contribution in [0.5, 0.6) is 0 Å². The molecular weight excluding hydrogens is 408 g/mol. The van der Waals surface area contributed by atoms with E-state index in [2.05, 4.69) is 10.3 Å². The fourth-order valence-corrected chi connectivity index (χ4v) is 4.28. The Morgan fingerprint density at radius 1 is 1.03 bits per heavy atom. The Hall–Kier alpha value is -3.97. The zero-order valence-electron chi connectivity index (χ0n) is 16.4. The number of rotatable bonds is 5. The van der Waals surface area contributed by atoms with Crippen molar-refractivity contribution in [3.05, 3.63) is 90.5 Å². The van der Waals surface area contributed by atoms with Crippen LogP contribution in [0.25, 0.3) is 31.9 Å². The van der Waals surface area contributed by atoms with Crippen LogP contribution in [0.4, 0.5) is 5.82 Å². The normalized spacial score (nSPS) is 11.0. The number of thiazole rings is 1. The summed E-state index contributed by atoms with van der Waals surface area (Å²) in [6.07, 6.45) is 3.32. The SMILES string of the molecule is Nc1ncc(-c2ccc(C(=O)NCc3ccco3)cc2)cc1-c1nc2ccccc2s1. The molecule has 3 heterocycles. The summed E-state index contributed by atoms with van der Waals surface area (Å²) < 4.78 is 6.34. The van der Waals surface area contributed by atoms with Crippen molar-refractivity contribution in [3.63, 3.8) is 0 Å². The van der Waals surface area contributed by atoms with Crippen LogP contribution in [0, 0.1) is 0 Å². The number of amides is 1. The molecule has 0 aliphatic carbocycles. The van der Waals surface area contributed by atoms with Crippen LogP contribution in [0.3, 0.4) is 0 Å². The van der Waals surface area contributed by atoms with Crippen molar-refractivity contribution >= 4 is 33.3 Å². The number of carbonyl (C=O) groups is 1. The molecule has 0 bridgehead atoms. The largest absolute Gasteiger partial charge is 0.467 e. The van der Waals surface area contributed by atoms with E-state index in [1.54, 1.807) is 42.0 Å². The van der Waals surface area contributed by atoms with Gasteiger partial charge in [-0.05, 0) is 48.0 Å². The predicted octanol–water partition coefficient (Wildman–Crippen LogP) is 5.13. The van der Waals surface area contributed by atoms with Gasteiger partial charge in [0.1, 0.15) is 16.6 Å². The average Bonchev–Trinajstić information content (AvgIpc) is 3.47. The molecule has 2 aromatic carbocycles. The van der Waals surface area contributed by atoms with Crippen LogP contribution in [0.15, 0.2) is 83.6 Å². The minimum atomic E-state index is -0.159. The number of pyridine rings is 1. The number of benzene rings is 2. The number of nitrogens with zero attached hydrogens (tertiary/aromatic N) is 2. The minimum Gasteiger partial charge on any atom is -0.467 e. The molecule has 31 heavy (non-hydrogen) atoms. The van der Waals surface area contributed by atoms with Gasteiger partial charge in [-0.3, -0.25) is 4.79 Å². The highest BCUT2D eigenvalue weighted by atomic mass is 32.1. The molecule has 0 saturated heterocycles. The van der Waals surface area contributed by atoms with Gasteiger partial charge in [0.05, 0.1) is 28.6 Å². The predicted molar refractivity (Wildman–Crippen MR) is 123 cm³/mol. The van der Waals surface area contributed by atoms with E-state index in [1.807, 2.05) is 48.5 Å². The highest BCUT2D eigenvalue weighted by Crippen LogP contribution is 2.34. The van der Waals surface area contributed by atoms with Gasteiger partial charge in [0, 0.05) is 17.3 Å². The number of para-hydroxylation sites is 1. The number of aromatic nitrogens is 2. The number of fused-ring (bicyclic) bond motifs is 1. The average molecular weight is 427 g/mol. The van der Waals surface area contributed by atoms with Gasteiger partial charge < -0.3 is 15.5 Å². The lowest BCUT2D eigenvalue weighted by molar-refractivity contribution is 0.0948. The minimum absolute atomic E-state index is 0.159. The number of anilines is 1. The maximum atomic E-state index is 12.4. The molecule has 0 atom stereocenters. The van der Waals surface area contributed by atoms with Gasteiger partial charge in [-0.2, -0.15) is 0 Å². The van der Waals surface area contributed by atoms with Gasteiger partial charge in [-0.15, -0.1) is 11.3 Å². The molecule has 7 heteroatoms. The number of furan rings is 1. The second-order valence-corrected chi connectivity index (χ2v) is 8.01. The highest BCUT2D eigenvalue weighted by molar-refractivity contribution is 7.21. The first-order chi connectivity index (χ1) is 15.2. The Labute approximate surface area is 182 Å². The van der Waals surface area contributed by atoms with E-state index < -0.39 is 0 Å². The fourth-order valence-electron chi connectivity index (χ4n) is 3.29. The monoisotopic (exact) mass is 426 g/mol. The number of hydrogen-bond donors (Lipinski definition) is 2. The number of nitrogens with two attached hydrogens (primary N) is 1. The Kier molecular flexibility index (Phi) is 4.93. The number of carbonyl (C=O) groups excluding carboxylic acids is 1. The molecule has 0 fully saturated rings. The zero-order valence-corrected chi connectivity index (χ0v) is 17.2. The molecule has 5 aromatic rings. The molecule has 0 saturated carbocycles. The quantitative estimate of drug-likeness (QED) is 0.406. The van der Waals surface area contributed by atoms with Gasteiger partial charge in [0.15, 0.2) is 0 Å². The van der Waals surface area contributed by atoms with Gasteiger partial charge in [-0.25, -0.2) is 9.97 Å². The van der Waals surface area contributed by atoms with Gasteiger partial charge in [-0.1, -0.05) is 24.3 Å². The molecule has 0 aliphatic heterocycles. The first-order valence-electron chi connectivity index (χ1n) is 9.70. The zero-order chi connectivity index (χ0) is 21.2. The van der Waals surface area contributed by atoms with Crippen molar-refractivity contribution in [3.8, 4) is 21.7 Å². The molecule has 0 spiro atoms. The number of hydrogen-bond acceptors (Lipinski definition) is 6. The molecule has 3 N–H and O–H groups in total. The van der Waals surface area contributed by atoms with Crippen molar-refractivity contribution in [2.24, 2.45) is 0 Å². The second-order valence-electron chi connectivity index (χ2n) is 6.98. The summed E-state index contributed by atoms with van der Waals surface area (Å²) in [7, 11) is 0. The van der Waals surface area contributed by atoms with Gasteiger partial charge in [0.2, 0.25) is 0 Å². The summed E-state index contributed by atoms with van der Waals surface area (Å²) in [5, 5.41) is 3.68. The number of nitrogen functional groups attached to an aromatic ring is 1. The molecule has 0 unspecified atom stereocenters. The Bertz CT molecular complexity index is 1330. The summed E-state index contributed by atoms with van der Waals surface area (Å²) in [4.78, 5) is 21.4. The van der Waals surface area contributed by atoms with Crippen molar-refractivity contribution in [1.29, 1.82) is 0 Å².